The van der Waals surface area contributed by atoms with Gasteiger partial charge in [-0.2, -0.15) is 0 Å². The molecule has 1 N–H and O–H groups in total. The predicted molar refractivity (Wildman–Crippen MR) is 84.6 cm³/mol. The van der Waals surface area contributed by atoms with E-state index in [0.717, 1.165) is 12.8 Å². The Bertz CT molecular complexity index is 691. The van der Waals surface area contributed by atoms with Crippen molar-refractivity contribution in [3.05, 3.63) is 60.2 Å². The van der Waals surface area contributed by atoms with Gasteiger partial charge in [-0.25, -0.2) is 0 Å². The number of aliphatic hydroxyl groups is 1. The van der Waals surface area contributed by atoms with Gasteiger partial charge in [0.1, 0.15) is 5.60 Å². The zero-order valence-electron chi connectivity index (χ0n) is 12.8. The molecule has 118 valence electrons. The Labute approximate surface area is 135 Å². The van der Waals surface area contributed by atoms with Gasteiger partial charge in [-0.15, -0.1) is 0 Å². The molecule has 0 aliphatic carbocycles. The second-order valence-electron chi connectivity index (χ2n) is 6.49. The van der Waals surface area contributed by atoms with E-state index in [-0.39, 0.29) is 18.0 Å². The molecular formula is C18H19N3O2. The van der Waals surface area contributed by atoms with Crippen LogP contribution in [0, 0.1) is 0 Å². The SMILES string of the molecule is O=C(c1ccncc1)N1[C@@H]2CC[C@@H]1CC(O)(c1ccccn1)C2. The number of aromatic nitrogens is 2. The number of carbonyl (C=O) groups excluding carboxylic acids is 1. The van der Waals surface area contributed by atoms with Gasteiger partial charge in [0, 0.05) is 49.1 Å². The van der Waals surface area contributed by atoms with Gasteiger partial charge < -0.3 is 10.0 Å². The van der Waals surface area contributed by atoms with E-state index in [1.54, 1.807) is 30.7 Å². The van der Waals surface area contributed by atoms with Crippen LogP contribution in [0.3, 0.4) is 0 Å². The van der Waals surface area contributed by atoms with E-state index in [4.69, 9.17) is 0 Å². The van der Waals surface area contributed by atoms with Crippen LogP contribution in [0.25, 0.3) is 0 Å². The number of pyridine rings is 2. The minimum absolute atomic E-state index is 0.0444. The number of rotatable bonds is 2. The summed E-state index contributed by atoms with van der Waals surface area (Å²) in [5.74, 6) is 0.0444. The van der Waals surface area contributed by atoms with Gasteiger partial charge in [0.25, 0.3) is 5.91 Å². The molecule has 4 heterocycles. The molecule has 0 radical (unpaired) electrons. The second kappa shape index (κ2) is 5.42. The molecule has 2 aliphatic heterocycles. The molecule has 2 aliphatic rings. The summed E-state index contributed by atoms with van der Waals surface area (Å²) in [6.45, 7) is 0. The number of fused-ring (bicyclic) bond motifs is 2. The van der Waals surface area contributed by atoms with Crippen molar-refractivity contribution < 1.29 is 9.90 Å². The summed E-state index contributed by atoms with van der Waals surface area (Å²) in [6, 6.07) is 9.27. The number of nitrogens with zero attached hydrogens (tertiary/aromatic N) is 3. The summed E-state index contributed by atoms with van der Waals surface area (Å²) in [4.78, 5) is 23.1. The molecule has 2 aromatic heterocycles. The highest BCUT2D eigenvalue weighted by Crippen LogP contribution is 2.45. The molecule has 2 saturated heterocycles. The van der Waals surface area contributed by atoms with E-state index < -0.39 is 5.60 Å². The molecule has 2 fully saturated rings. The van der Waals surface area contributed by atoms with Crippen LogP contribution in [0.2, 0.25) is 0 Å². The summed E-state index contributed by atoms with van der Waals surface area (Å²) >= 11 is 0. The fourth-order valence-electron chi connectivity index (χ4n) is 4.05. The van der Waals surface area contributed by atoms with E-state index in [0.29, 0.717) is 24.1 Å². The molecule has 1 amide bonds. The average Bonchev–Trinajstić information content (AvgIpc) is 2.88. The minimum atomic E-state index is -0.928. The Kier molecular flexibility index (Phi) is 3.38. The molecule has 0 saturated carbocycles. The van der Waals surface area contributed by atoms with Crippen molar-refractivity contribution in [1.29, 1.82) is 0 Å². The van der Waals surface area contributed by atoms with Crippen LogP contribution >= 0.6 is 0 Å². The Hall–Kier alpha value is -2.27. The summed E-state index contributed by atoms with van der Waals surface area (Å²) < 4.78 is 0. The lowest BCUT2D eigenvalue weighted by Gasteiger charge is -2.43. The summed E-state index contributed by atoms with van der Waals surface area (Å²) in [5.41, 5.74) is 0.454. The zero-order valence-corrected chi connectivity index (χ0v) is 12.8. The number of carbonyl (C=O) groups is 1. The quantitative estimate of drug-likeness (QED) is 0.923. The Morgan fingerprint density at radius 3 is 2.39 bits per heavy atom. The third-order valence-electron chi connectivity index (χ3n) is 5.07. The lowest BCUT2D eigenvalue weighted by atomic mass is 9.83. The molecule has 4 rings (SSSR count). The first-order chi connectivity index (χ1) is 11.2. The highest BCUT2D eigenvalue weighted by atomic mass is 16.3. The molecule has 2 aromatic rings. The standard InChI is InChI=1S/C18H19N3O2/c22-17(13-6-9-19-10-7-13)21-14-4-5-15(21)12-18(23,11-14)16-3-1-2-8-20-16/h1-3,6-10,14-15,23H,4-5,11-12H2/t14-,15-/m1/s1. The summed E-state index contributed by atoms with van der Waals surface area (Å²) in [7, 11) is 0. The van der Waals surface area contributed by atoms with E-state index in [2.05, 4.69) is 9.97 Å². The van der Waals surface area contributed by atoms with Crippen LogP contribution in [0.5, 0.6) is 0 Å². The molecule has 2 bridgehead atoms. The van der Waals surface area contributed by atoms with Crippen molar-refractivity contribution in [3.8, 4) is 0 Å². The fraction of sp³-hybridized carbons (Fsp3) is 0.389. The van der Waals surface area contributed by atoms with Crippen LogP contribution in [-0.2, 0) is 5.60 Å². The van der Waals surface area contributed by atoms with Crippen LogP contribution in [0.4, 0.5) is 0 Å². The molecule has 0 aromatic carbocycles. The van der Waals surface area contributed by atoms with Gasteiger partial charge in [-0.1, -0.05) is 6.07 Å². The Morgan fingerprint density at radius 2 is 1.78 bits per heavy atom. The number of amides is 1. The van der Waals surface area contributed by atoms with Crippen molar-refractivity contribution >= 4 is 5.91 Å². The first kappa shape index (κ1) is 14.3. The molecule has 5 nitrogen and oxygen atoms in total. The molecular weight excluding hydrogens is 290 g/mol. The van der Waals surface area contributed by atoms with Gasteiger partial charge in [0.2, 0.25) is 0 Å². The van der Waals surface area contributed by atoms with Crippen molar-refractivity contribution in [2.75, 3.05) is 0 Å². The first-order valence-corrected chi connectivity index (χ1v) is 8.04. The number of piperidine rings is 1. The number of hydrogen-bond acceptors (Lipinski definition) is 4. The van der Waals surface area contributed by atoms with Crippen LogP contribution < -0.4 is 0 Å². The Morgan fingerprint density at radius 1 is 1.09 bits per heavy atom. The fourth-order valence-corrected chi connectivity index (χ4v) is 4.05. The van der Waals surface area contributed by atoms with E-state index >= 15 is 0 Å². The summed E-state index contributed by atoms with van der Waals surface area (Å²) in [6.07, 6.45) is 7.98. The smallest absolute Gasteiger partial charge is 0.254 e. The topological polar surface area (TPSA) is 66.3 Å². The third-order valence-corrected chi connectivity index (χ3v) is 5.07. The highest BCUT2D eigenvalue weighted by Gasteiger charge is 2.50. The molecule has 23 heavy (non-hydrogen) atoms. The average molecular weight is 309 g/mol. The molecule has 2 atom stereocenters. The van der Waals surface area contributed by atoms with Crippen LogP contribution in [-0.4, -0.2) is 38.0 Å². The lowest BCUT2D eigenvalue weighted by Crippen LogP contribution is -2.52. The van der Waals surface area contributed by atoms with Gasteiger partial charge in [0.05, 0.1) is 5.69 Å². The normalized spacial score (nSPS) is 29.5. The van der Waals surface area contributed by atoms with Crippen molar-refractivity contribution in [2.24, 2.45) is 0 Å². The van der Waals surface area contributed by atoms with Gasteiger partial charge in [0.15, 0.2) is 0 Å². The van der Waals surface area contributed by atoms with Crippen molar-refractivity contribution in [3.63, 3.8) is 0 Å². The van der Waals surface area contributed by atoms with Gasteiger partial charge in [-0.3, -0.25) is 14.8 Å². The maximum absolute atomic E-state index is 12.8. The van der Waals surface area contributed by atoms with Crippen molar-refractivity contribution in [2.45, 2.75) is 43.4 Å². The largest absolute Gasteiger partial charge is 0.383 e. The lowest BCUT2D eigenvalue weighted by molar-refractivity contribution is -0.0508. The highest BCUT2D eigenvalue weighted by molar-refractivity contribution is 5.94. The molecule has 0 unspecified atom stereocenters. The predicted octanol–water partition coefficient (Wildman–Crippen LogP) is 2.13. The van der Waals surface area contributed by atoms with E-state index in [1.807, 2.05) is 23.1 Å². The van der Waals surface area contributed by atoms with Crippen LogP contribution in [0.15, 0.2) is 48.9 Å². The van der Waals surface area contributed by atoms with E-state index in [1.165, 1.54) is 0 Å². The summed E-state index contributed by atoms with van der Waals surface area (Å²) in [5, 5.41) is 11.1. The molecule has 5 heteroatoms. The zero-order chi connectivity index (χ0) is 15.9. The molecule has 0 spiro atoms. The minimum Gasteiger partial charge on any atom is -0.383 e. The van der Waals surface area contributed by atoms with E-state index in [9.17, 15) is 9.90 Å². The van der Waals surface area contributed by atoms with Gasteiger partial charge in [-0.05, 0) is 37.1 Å². The second-order valence-corrected chi connectivity index (χ2v) is 6.49. The number of hydrogen-bond donors (Lipinski definition) is 1. The first-order valence-electron chi connectivity index (χ1n) is 8.04. The maximum atomic E-state index is 12.8. The van der Waals surface area contributed by atoms with Crippen molar-refractivity contribution in [1.82, 2.24) is 14.9 Å². The third kappa shape index (κ3) is 2.41. The van der Waals surface area contributed by atoms with Crippen LogP contribution in [0.1, 0.15) is 41.7 Å². The van der Waals surface area contributed by atoms with Gasteiger partial charge >= 0.3 is 0 Å². The maximum Gasteiger partial charge on any atom is 0.254 e. The Balaban J connectivity index is 1.60. The monoisotopic (exact) mass is 309 g/mol.